The third kappa shape index (κ3) is 2.10. The molecule has 0 unspecified atom stereocenters. The Morgan fingerprint density at radius 2 is 2.13 bits per heavy atom. The van der Waals surface area contributed by atoms with Gasteiger partial charge in [0.25, 0.3) is 0 Å². The van der Waals surface area contributed by atoms with E-state index in [0.717, 1.165) is 16.7 Å². The lowest BCUT2D eigenvalue weighted by Crippen LogP contribution is -1.91. The summed E-state index contributed by atoms with van der Waals surface area (Å²) >= 11 is 0. The molecule has 2 heteroatoms. The third-order valence-corrected chi connectivity index (χ3v) is 2.22. The zero-order valence-electron chi connectivity index (χ0n) is 8.40. The fourth-order valence-corrected chi connectivity index (χ4v) is 1.41. The molecule has 0 atom stereocenters. The minimum atomic E-state index is 0.0762. The Morgan fingerprint density at radius 3 is 2.80 bits per heavy atom. The van der Waals surface area contributed by atoms with E-state index in [1.54, 1.807) is 19.2 Å². The minimum absolute atomic E-state index is 0.0762. The van der Waals surface area contributed by atoms with Gasteiger partial charge >= 0.3 is 0 Å². The monoisotopic (exact) mass is 196 g/mol. The molecule has 0 saturated carbocycles. The van der Waals surface area contributed by atoms with E-state index in [0.29, 0.717) is 0 Å². The number of nitrogens with zero attached hydrogens (tertiary/aromatic N) is 1. The molecule has 2 rings (SSSR count). The average Bonchev–Trinajstić information content (AvgIpc) is 2.30. The number of Topliss-reactive ketones (excluding diaryl/α,β-unsaturated/α-hetero) is 1. The summed E-state index contributed by atoms with van der Waals surface area (Å²) in [6.45, 7) is 1.57. The summed E-state index contributed by atoms with van der Waals surface area (Å²) in [5.41, 5.74) is 2.72. The van der Waals surface area contributed by atoms with Crippen molar-refractivity contribution in [2.24, 2.45) is 0 Å². The number of carbonyl (C=O) groups is 1. The lowest BCUT2D eigenvalue weighted by Gasteiger charge is -2.02. The van der Waals surface area contributed by atoms with Crippen molar-refractivity contribution < 1.29 is 4.79 Å². The lowest BCUT2D eigenvalue weighted by atomic mass is 10.0. The van der Waals surface area contributed by atoms with Crippen LogP contribution in [0.3, 0.4) is 0 Å². The van der Waals surface area contributed by atoms with E-state index in [1.165, 1.54) is 0 Å². The van der Waals surface area contributed by atoms with Crippen LogP contribution in [-0.4, -0.2) is 10.8 Å². The number of hydrogen-bond donors (Lipinski definition) is 0. The highest BCUT2D eigenvalue weighted by Crippen LogP contribution is 2.19. The molecule has 1 aromatic carbocycles. The van der Waals surface area contributed by atoms with E-state index in [-0.39, 0.29) is 5.78 Å². The SMILES string of the molecule is CC(=O)c1cccc(-c2cc[c]nc2)c1. The number of aromatic nitrogens is 1. The van der Waals surface area contributed by atoms with Gasteiger partial charge in [0, 0.05) is 17.3 Å². The second kappa shape index (κ2) is 4.05. The second-order valence-corrected chi connectivity index (χ2v) is 3.31. The Bertz CT molecular complexity index is 477. The first-order valence-electron chi connectivity index (χ1n) is 4.71. The molecule has 0 N–H and O–H groups in total. The molecule has 0 aliphatic rings. The lowest BCUT2D eigenvalue weighted by molar-refractivity contribution is 0.101. The van der Waals surface area contributed by atoms with Crippen molar-refractivity contribution in [2.75, 3.05) is 0 Å². The second-order valence-electron chi connectivity index (χ2n) is 3.31. The Kier molecular flexibility index (Phi) is 2.59. The summed E-state index contributed by atoms with van der Waals surface area (Å²) in [6, 6.07) is 11.2. The van der Waals surface area contributed by atoms with Crippen LogP contribution < -0.4 is 0 Å². The van der Waals surface area contributed by atoms with Gasteiger partial charge in [0.05, 0.1) is 6.20 Å². The van der Waals surface area contributed by atoms with Crippen molar-refractivity contribution >= 4 is 5.78 Å². The van der Waals surface area contributed by atoms with Crippen LogP contribution in [0.2, 0.25) is 0 Å². The minimum Gasteiger partial charge on any atom is -0.295 e. The van der Waals surface area contributed by atoms with Crippen LogP contribution in [0.15, 0.2) is 42.6 Å². The summed E-state index contributed by atoms with van der Waals surface area (Å²) in [6.07, 6.45) is 4.46. The molecule has 2 aromatic rings. The molecule has 2 nitrogen and oxygen atoms in total. The van der Waals surface area contributed by atoms with Crippen molar-refractivity contribution in [1.29, 1.82) is 0 Å². The zero-order valence-corrected chi connectivity index (χ0v) is 8.40. The highest BCUT2D eigenvalue weighted by atomic mass is 16.1. The average molecular weight is 196 g/mol. The molecule has 15 heavy (non-hydrogen) atoms. The third-order valence-electron chi connectivity index (χ3n) is 2.22. The van der Waals surface area contributed by atoms with Crippen LogP contribution >= 0.6 is 0 Å². The van der Waals surface area contributed by atoms with Crippen molar-refractivity contribution in [1.82, 2.24) is 4.98 Å². The van der Waals surface area contributed by atoms with E-state index in [1.807, 2.05) is 30.3 Å². The van der Waals surface area contributed by atoms with Gasteiger partial charge in [0.1, 0.15) is 0 Å². The Balaban J connectivity index is 2.46. The molecule has 1 radical (unpaired) electrons. The topological polar surface area (TPSA) is 30.0 Å². The van der Waals surface area contributed by atoms with E-state index in [9.17, 15) is 4.79 Å². The first kappa shape index (κ1) is 9.59. The van der Waals surface area contributed by atoms with Crippen LogP contribution in [0.5, 0.6) is 0 Å². The molecular formula is C13H10NO. The van der Waals surface area contributed by atoms with Gasteiger partial charge in [0.2, 0.25) is 0 Å². The number of hydrogen-bond acceptors (Lipinski definition) is 2. The largest absolute Gasteiger partial charge is 0.295 e. The van der Waals surface area contributed by atoms with Gasteiger partial charge in [-0.1, -0.05) is 24.3 Å². The standard InChI is InChI=1S/C13H10NO/c1-10(15)11-4-2-5-12(8-11)13-6-3-7-14-9-13/h2-6,8-9H,1H3. The van der Waals surface area contributed by atoms with Crippen molar-refractivity contribution in [3.05, 3.63) is 54.4 Å². The molecule has 0 saturated heterocycles. The van der Waals surface area contributed by atoms with Crippen molar-refractivity contribution in [3.63, 3.8) is 0 Å². The van der Waals surface area contributed by atoms with Crippen molar-refractivity contribution in [2.45, 2.75) is 6.92 Å². The predicted octanol–water partition coefficient (Wildman–Crippen LogP) is 2.75. The first-order chi connectivity index (χ1) is 7.27. The predicted molar refractivity (Wildman–Crippen MR) is 58.5 cm³/mol. The molecular weight excluding hydrogens is 186 g/mol. The Labute approximate surface area is 88.6 Å². The van der Waals surface area contributed by atoms with Gasteiger partial charge in [0.15, 0.2) is 5.78 Å². The van der Waals surface area contributed by atoms with E-state index < -0.39 is 0 Å². The number of rotatable bonds is 2. The highest BCUT2D eigenvalue weighted by molar-refractivity contribution is 5.95. The Hall–Kier alpha value is -1.96. The molecule has 0 bridgehead atoms. The van der Waals surface area contributed by atoms with Crippen LogP contribution in [0.1, 0.15) is 17.3 Å². The molecule has 0 amide bonds. The fraction of sp³-hybridized carbons (Fsp3) is 0.0769. The highest BCUT2D eigenvalue weighted by Gasteiger charge is 2.01. The van der Waals surface area contributed by atoms with Gasteiger partial charge in [-0.25, -0.2) is 0 Å². The molecule has 0 spiro atoms. The van der Waals surface area contributed by atoms with Crippen LogP contribution in [-0.2, 0) is 0 Å². The van der Waals surface area contributed by atoms with E-state index in [2.05, 4.69) is 11.2 Å². The van der Waals surface area contributed by atoms with Crippen LogP contribution in [0.4, 0.5) is 0 Å². The van der Waals surface area contributed by atoms with Gasteiger partial charge < -0.3 is 0 Å². The maximum atomic E-state index is 11.2. The fourth-order valence-electron chi connectivity index (χ4n) is 1.41. The smallest absolute Gasteiger partial charge is 0.159 e. The molecule has 73 valence electrons. The maximum Gasteiger partial charge on any atom is 0.159 e. The summed E-state index contributed by atoms with van der Waals surface area (Å²) in [4.78, 5) is 15.1. The van der Waals surface area contributed by atoms with E-state index in [4.69, 9.17) is 0 Å². The van der Waals surface area contributed by atoms with Gasteiger partial charge in [-0.3, -0.25) is 9.78 Å². The van der Waals surface area contributed by atoms with Gasteiger partial charge in [-0.2, -0.15) is 0 Å². The normalized spacial score (nSPS) is 9.93. The van der Waals surface area contributed by atoms with Gasteiger partial charge in [-0.15, -0.1) is 0 Å². The number of pyridine rings is 1. The molecule has 1 aromatic heterocycles. The van der Waals surface area contributed by atoms with Crippen LogP contribution in [0.25, 0.3) is 11.1 Å². The maximum absolute atomic E-state index is 11.2. The molecule has 1 heterocycles. The number of ketones is 1. The zero-order chi connectivity index (χ0) is 10.7. The Morgan fingerprint density at radius 1 is 1.27 bits per heavy atom. The van der Waals surface area contributed by atoms with Crippen LogP contribution in [0, 0.1) is 6.20 Å². The van der Waals surface area contributed by atoms with Gasteiger partial charge in [-0.05, 0) is 24.6 Å². The molecule has 0 aliphatic carbocycles. The first-order valence-corrected chi connectivity index (χ1v) is 4.71. The molecule has 0 aliphatic heterocycles. The number of carbonyl (C=O) groups excluding carboxylic acids is 1. The summed E-state index contributed by atoms with van der Waals surface area (Å²) in [5, 5.41) is 0. The summed E-state index contributed by atoms with van der Waals surface area (Å²) in [7, 11) is 0. The molecule has 0 fully saturated rings. The summed E-state index contributed by atoms with van der Waals surface area (Å²) in [5.74, 6) is 0.0762. The summed E-state index contributed by atoms with van der Waals surface area (Å²) < 4.78 is 0. The number of benzene rings is 1. The van der Waals surface area contributed by atoms with Crippen molar-refractivity contribution in [3.8, 4) is 11.1 Å². The quantitative estimate of drug-likeness (QED) is 0.691. The van der Waals surface area contributed by atoms with E-state index >= 15 is 0 Å².